The molecule has 104 valence electrons. The summed E-state index contributed by atoms with van der Waals surface area (Å²) in [5, 5.41) is 3.46. The molecule has 1 unspecified atom stereocenters. The summed E-state index contributed by atoms with van der Waals surface area (Å²) in [7, 11) is 2.32. The van der Waals surface area contributed by atoms with Gasteiger partial charge in [-0.15, -0.1) is 0 Å². The molecule has 1 aliphatic heterocycles. The summed E-state index contributed by atoms with van der Waals surface area (Å²) in [4.78, 5) is 2.61. The number of nitrogens with zero attached hydrogens (tertiary/aromatic N) is 1. The van der Waals surface area contributed by atoms with Gasteiger partial charge < -0.3 is 5.32 Å². The van der Waals surface area contributed by atoms with Crippen LogP contribution in [0.3, 0.4) is 0 Å². The molecular formula is C17H26N2. The van der Waals surface area contributed by atoms with Gasteiger partial charge in [-0.2, -0.15) is 0 Å². The van der Waals surface area contributed by atoms with E-state index in [0.29, 0.717) is 6.04 Å². The molecule has 1 N–H and O–H groups in total. The van der Waals surface area contributed by atoms with Crippen LogP contribution in [0, 0.1) is 12.8 Å². The van der Waals surface area contributed by atoms with Crippen molar-refractivity contribution in [3.05, 3.63) is 34.9 Å². The lowest BCUT2D eigenvalue weighted by atomic mass is 9.96. The number of nitrogens with one attached hydrogen (secondary N) is 1. The lowest BCUT2D eigenvalue weighted by Gasteiger charge is -2.31. The number of fused-ring (bicyclic) bond motifs is 1. The fourth-order valence-corrected chi connectivity index (χ4v) is 3.76. The second-order valence-electron chi connectivity index (χ2n) is 6.39. The molecule has 2 aliphatic rings. The molecule has 1 aromatic carbocycles. The van der Waals surface area contributed by atoms with Crippen molar-refractivity contribution in [3.63, 3.8) is 0 Å². The van der Waals surface area contributed by atoms with Crippen LogP contribution in [0.4, 0.5) is 0 Å². The normalized spacial score (nSPS) is 23.8. The van der Waals surface area contributed by atoms with E-state index in [2.05, 4.69) is 42.4 Å². The van der Waals surface area contributed by atoms with E-state index in [1.165, 1.54) is 50.9 Å². The highest BCUT2D eigenvalue weighted by molar-refractivity contribution is 5.37. The third kappa shape index (κ3) is 2.85. The lowest BCUT2D eigenvalue weighted by molar-refractivity contribution is 0.186. The topological polar surface area (TPSA) is 15.3 Å². The zero-order valence-corrected chi connectivity index (χ0v) is 12.3. The van der Waals surface area contributed by atoms with Crippen LogP contribution < -0.4 is 5.32 Å². The second-order valence-corrected chi connectivity index (χ2v) is 6.39. The highest BCUT2D eigenvalue weighted by atomic mass is 15.1. The number of hydrogen-bond acceptors (Lipinski definition) is 2. The fourth-order valence-electron chi connectivity index (χ4n) is 3.76. The van der Waals surface area contributed by atoms with Gasteiger partial charge in [-0.25, -0.2) is 0 Å². The van der Waals surface area contributed by atoms with Crippen LogP contribution >= 0.6 is 0 Å². The molecule has 1 atom stereocenters. The minimum Gasteiger partial charge on any atom is -0.317 e. The van der Waals surface area contributed by atoms with Crippen LogP contribution in [0.25, 0.3) is 0 Å². The smallest absolute Gasteiger partial charge is 0.0351 e. The average Bonchev–Trinajstić information content (AvgIpc) is 2.82. The van der Waals surface area contributed by atoms with Crippen molar-refractivity contribution in [1.29, 1.82) is 0 Å². The summed E-state index contributed by atoms with van der Waals surface area (Å²) in [5.74, 6) is 0.889. The van der Waals surface area contributed by atoms with Crippen molar-refractivity contribution in [1.82, 2.24) is 10.2 Å². The maximum atomic E-state index is 3.46. The molecule has 1 fully saturated rings. The van der Waals surface area contributed by atoms with Gasteiger partial charge in [0.05, 0.1) is 0 Å². The Hall–Kier alpha value is -0.860. The van der Waals surface area contributed by atoms with E-state index < -0.39 is 0 Å². The van der Waals surface area contributed by atoms with Crippen molar-refractivity contribution in [2.24, 2.45) is 5.92 Å². The summed E-state index contributed by atoms with van der Waals surface area (Å²) in [6.07, 6.45) is 5.26. The monoisotopic (exact) mass is 258 g/mol. The van der Waals surface area contributed by atoms with E-state index in [4.69, 9.17) is 0 Å². The molecule has 0 bridgehead atoms. The van der Waals surface area contributed by atoms with E-state index in [1.807, 2.05) is 0 Å². The molecule has 1 aromatic rings. The Kier molecular flexibility index (Phi) is 3.90. The molecule has 19 heavy (non-hydrogen) atoms. The SMILES string of the molecule is Cc1ccc2c(c1)C(N(C)CC1CCNCC1)CC2. The van der Waals surface area contributed by atoms with Crippen LogP contribution in [0.2, 0.25) is 0 Å². The summed E-state index contributed by atoms with van der Waals surface area (Å²) in [5.41, 5.74) is 4.57. The molecule has 1 heterocycles. The molecule has 0 spiro atoms. The summed E-state index contributed by atoms with van der Waals surface area (Å²) in [6, 6.07) is 7.66. The first-order valence-corrected chi connectivity index (χ1v) is 7.74. The van der Waals surface area contributed by atoms with Gasteiger partial charge in [-0.3, -0.25) is 4.90 Å². The molecule has 2 heteroatoms. The van der Waals surface area contributed by atoms with Crippen molar-refractivity contribution in [2.75, 3.05) is 26.7 Å². The number of aryl methyl sites for hydroxylation is 2. The molecule has 3 rings (SSSR count). The van der Waals surface area contributed by atoms with Gasteiger partial charge in [0.2, 0.25) is 0 Å². The number of rotatable bonds is 3. The van der Waals surface area contributed by atoms with E-state index in [1.54, 1.807) is 11.1 Å². The molecular weight excluding hydrogens is 232 g/mol. The minimum absolute atomic E-state index is 0.657. The van der Waals surface area contributed by atoms with Crippen LogP contribution in [0.1, 0.15) is 42.0 Å². The Morgan fingerprint density at radius 1 is 1.21 bits per heavy atom. The van der Waals surface area contributed by atoms with Crippen molar-refractivity contribution < 1.29 is 0 Å². The molecule has 0 saturated carbocycles. The first kappa shape index (κ1) is 13.1. The maximum absolute atomic E-state index is 3.46. The Bertz CT molecular complexity index is 435. The first-order valence-electron chi connectivity index (χ1n) is 7.74. The van der Waals surface area contributed by atoms with Gasteiger partial charge >= 0.3 is 0 Å². The number of piperidine rings is 1. The van der Waals surface area contributed by atoms with Crippen molar-refractivity contribution >= 4 is 0 Å². The number of hydrogen-bond donors (Lipinski definition) is 1. The van der Waals surface area contributed by atoms with Gasteiger partial charge in [0, 0.05) is 12.6 Å². The molecule has 0 radical (unpaired) electrons. The largest absolute Gasteiger partial charge is 0.317 e. The predicted octanol–water partition coefficient (Wildman–Crippen LogP) is 2.91. The molecule has 2 nitrogen and oxygen atoms in total. The highest BCUT2D eigenvalue weighted by Gasteiger charge is 2.27. The fraction of sp³-hybridized carbons (Fsp3) is 0.647. The molecule has 1 saturated heterocycles. The molecule has 0 amide bonds. The van der Waals surface area contributed by atoms with Crippen molar-refractivity contribution in [2.45, 2.75) is 38.6 Å². The maximum Gasteiger partial charge on any atom is 0.0351 e. The third-order valence-electron chi connectivity index (χ3n) is 4.88. The highest BCUT2D eigenvalue weighted by Crippen LogP contribution is 2.36. The summed E-state index contributed by atoms with van der Waals surface area (Å²) in [6.45, 7) is 5.89. The number of benzene rings is 1. The lowest BCUT2D eigenvalue weighted by Crippen LogP contribution is -2.35. The summed E-state index contributed by atoms with van der Waals surface area (Å²) >= 11 is 0. The van der Waals surface area contributed by atoms with E-state index in [-0.39, 0.29) is 0 Å². The Balaban J connectivity index is 1.68. The second kappa shape index (κ2) is 5.64. The van der Waals surface area contributed by atoms with Gasteiger partial charge in [-0.1, -0.05) is 23.8 Å². The predicted molar refractivity (Wildman–Crippen MR) is 80.5 cm³/mol. The van der Waals surface area contributed by atoms with Gasteiger partial charge in [0.1, 0.15) is 0 Å². The first-order chi connectivity index (χ1) is 9.24. The van der Waals surface area contributed by atoms with Crippen LogP contribution in [-0.4, -0.2) is 31.6 Å². The summed E-state index contributed by atoms with van der Waals surface area (Å²) < 4.78 is 0. The van der Waals surface area contributed by atoms with Crippen molar-refractivity contribution in [3.8, 4) is 0 Å². The van der Waals surface area contributed by atoms with Gasteiger partial charge in [0.15, 0.2) is 0 Å². The quantitative estimate of drug-likeness (QED) is 0.897. The van der Waals surface area contributed by atoms with E-state index >= 15 is 0 Å². The standard InChI is InChI=1S/C17H26N2/c1-13-3-4-15-5-6-17(16(15)11-13)19(2)12-14-7-9-18-10-8-14/h3-4,11,14,17-18H,5-10,12H2,1-2H3. The van der Waals surface area contributed by atoms with Crippen LogP contribution in [-0.2, 0) is 6.42 Å². The minimum atomic E-state index is 0.657. The van der Waals surface area contributed by atoms with Crippen LogP contribution in [0.15, 0.2) is 18.2 Å². The average molecular weight is 258 g/mol. The van der Waals surface area contributed by atoms with Gasteiger partial charge in [0.25, 0.3) is 0 Å². The van der Waals surface area contributed by atoms with E-state index in [9.17, 15) is 0 Å². The Morgan fingerprint density at radius 2 is 2.00 bits per heavy atom. The molecule has 0 aromatic heterocycles. The Morgan fingerprint density at radius 3 is 2.79 bits per heavy atom. The third-order valence-corrected chi connectivity index (χ3v) is 4.88. The van der Waals surface area contributed by atoms with Gasteiger partial charge in [-0.05, 0) is 69.8 Å². The Labute approximate surface area is 117 Å². The van der Waals surface area contributed by atoms with E-state index in [0.717, 1.165) is 5.92 Å². The zero-order chi connectivity index (χ0) is 13.2. The molecule has 1 aliphatic carbocycles. The van der Waals surface area contributed by atoms with Crippen LogP contribution in [0.5, 0.6) is 0 Å². The zero-order valence-electron chi connectivity index (χ0n) is 12.3.